The van der Waals surface area contributed by atoms with Gasteiger partial charge < -0.3 is 43.4 Å². The van der Waals surface area contributed by atoms with Gasteiger partial charge in [0.2, 0.25) is 0 Å². The van der Waals surface area contributed by atoms with Gasteiger partial charge in [0.25, 0.3) is 0 Å². The molecule has 41 heavy (non-hydrogen) atoms. The highest BCUT2D eigenvalue weighted by Gasteiger charge is 2.19. The molecule has 0 fully saturated rings. The Bertz CT molecular complexity index is 762. The number of ether oxygens (including phenoxy) is 7. The summed E-state index contributed by atoms with van der Waals surface area (Å²) in [5.41, 5.74) is 0. The largest absolute Gasteiger partial charge is 0.466 e. The van der Waals surface area contributed by atoms with Gasteiger partial charge >= 0.3 is 35.8 Å². The highest BCUT2D eigenvalue weighted by atomic mass is 16.6. The topological polar surface area (TPSA) is 207 Å². The van der Waals surface area contributed by atoms with Crippen LogP contribution in [-0.4, -0.2) is 110 Å². The van der Waals surface area contributed by atoms with Gasteiger partial charge in [0.1, 0.15) is 37.6 Å². The Hall–Kier alpha value is -3.30. The Balaban J connectivity index is 3.95. The summed E-state index contributed by atoms with van der Waals surface area (Å²) in [7, 11) is 0. The molecule has 4 atom stereocenters. The van der Waals surface area contributed by atoms with Crippen molar-refractivity contribution >= 4 is 35.8 Å². The number of aliphatic hydroxyl groups excluding tert-OH is 2. The fourth-order valence-corrected chi connectivity index (χ4v) is 2.93. The van der Waals surface area contributed by atoms with E-state index in [9.17, 15) is 39.0 Å². The molecule has 15 nitrogen and oxygen atoms in total. The minimum atomic E-state index is -1.22. The molecule has 0 aliphatic carbocycles. The van der Waals surface area contributed by atoms with Gasteiger partial charge in [0.15, 0.2) is 0 Å². The van der Waals surface area contributed by atoms with Gasteiger partial charge in [0.05, 0.1) is 65.0 Å². The maximum atomic E-state index is 11.8. The van der Waals surface area contributed by atoms with Gasteiger partial charge in [-0.05, 0) is 27.7 Å². The third-order valence-corrected chi connectivity index (χ3v) is 4.74. The van der Waals surface area contributed by atoms with Crippen LogP contribution in [0.15, 0.2) is 0 Å². The van der Waals surface area contributed by atoms with E-state index in [1.807, 2.05) is 0 Å². The van der Waals surface area contributed by atoms with E-state index in [0.29, 0.717) is 0 Å². The van der Waals surface area contributed by atoms with Crippen molar-refractivity contribution in [1.82, 2.24) is 0 Å². The van der Waals surface area contributed by atoms with Crippen LogP contribution in [0.2, 0.25) is 0 Å². The maximum Gasteiger partial charge on any atom is 0.309 e. The van der Waals surface area contributed by atoms with E-state index in [2.05, 4.69) is 0 Å². The lowest BCUT2D eigenvalue weighted by Crippen LogP contribution is -2.29. The van der Waals surface area contributed by atoms with Crippen molar-refractivity contribution in [3.8, 4) is 0 Å². The minimum absolute atomic E-state index is 0.107. The van der Waals surface area contributed by atoms with Crippen LogP contribution >= 0.6 is 0 Å². The summed E-state index contributed by atoms with van der Waals surface area (Å²) >= 11 is 0. The SMILES string of the molecule is CCOC(=O)CC(C)OC(=O)CCC(=O)OCC(O)COCC(O)COC(=O)CCC(=O)OC(C)CC(=O)OCC. The van der Waals surface area contributed by atoms with Gasteiger partial charge in [-0.25, -0.2) is 0 Å². The number of carbonyl (C=O) groups excluding carboxylic acids is 6. The monoisotopic (exact) mass is 594 g/mol. The van der Waals surface area contributed by atoms with Gasteiger partial charge in [-0.1, -0.05) is 0 Å². The lowest BCUT2D eigenvalue weighted by molar-refractivity contribution is -0.158. The van der Waals surface area contributed by atoms with Crippen molar-refractivity contribution < 1.29 is 72.1 Å². The Morgan fingerprint density at radius 1 is 0.512 bits per heavy atom. The average Bonchev–Trinajstić information content (AvgIpc) is 2.88. The molecule has 0 aromatic carbocycles. The highest BCUT2D eigenvalue weighted by molar-refractivity contribution is 5.79. The molecule has 0 amide bonds. The second-order valence-corrected chi connectivity index (χ2v) is 8.83. The minimum Gasteiger partial charge on any atom is -0.466 e. The van der Waals surface area contributed by atoms with Gasteiger partial charge in [-0.15, -0.1) is 0 Å². The van der Waals surface area contributed by atoms with Crippen LogP contribution in [-0.2, 0) is 61.9 Å². The number of hydrogen-bond acceptors (Lipinski definition) is 15. The number of carbonyl (C=O) groups is 6. The molecule has 0 spiro atoms. The molecule has 0 radical (unpaired) electrons. The Labute approximate surface area is 238 Å². The summed E-state index contributed by atoms with van der Waals surface area (Å²) < 4.78 is 34.3. The van der Waals surface area contributed by atoms with Gasteiger partial charge in [-0.2, -0.15) is 0 Å². The fourth-order valence-electron chi connectivity index (χ4n) is 2.93. The molecule has 4 unspecified atom stereocenters. The normalized spacial score (nSPS) is 13.6. The molecule has 0 aliphatic rings. The lowest BCUT2D eigenvalue weighted by atomic mass is 10.2. The predicted octanol–water partition coefficient (Wildman–Crippen LogP) is 0.141. The molecular weight excluding hydrogens is 552 g/mol. The zero-order valence-electron chi connectivity index (χ0n) is 24.0. The molecule has 0 saturated heterocycles. The summed E-state index contributed by atoms with van der Waals surface area (Å²) in [6.07, 6.45) is -5.23. The molecule has 15 heteroatoms. The second-order valence-electron chi connectivity index (χ2n) is 8.83. The number of esters is 6. The van der Waals surface area contributed by atoms with E-state index >= 15 is 0 Å². The zero-order chi connectivity index (χ0) is 31.2. The molecule has 2 N–H and O–H groups in total. The van der Waals surface area contributed by atoms with Crippen LogP contribution in [0.3, 0.4) is 0 Å². The van der Waals surface area contributed by atoms with Gasteiger partial charge in [0, 0.05) is 0 Å². The number of rotatable bonds is 22. The first-order chi connectivity index (χ1) is 19.4. The summed E-state index contributed by atoms with van der Waals surface area (Å²) in [6.45, 7) is 5.30. The van der Waals surface area contributed by atoms with Gasteiger partial charge in [-0.3, -0.25) is 28.8 Å². The zero-order valence-corrected chi connectivity index (χ0v) is 24.0. The van der Waals surface area contributed by atoms with Crippen LogP contribution in [0.25, 0.3) is 0 Å². The molecule has 0 heterocycles. The van der Waals surface area contributed by atoms with Crippen molar-refractivity contribution in [3.63, 3.8) is 0 Å². The van der Waals surface area contributed by atoms with E-state index < -0.39 is 73.4 Å². The van der Waals surface area contributed by atoms with Crippen LogP contribution < -0.4 is 0 Å². The first kappa shape index (κ1) is 37.7. The van der Waals surface area contributed by atoms with Crippen LogP contribution in [0.5, 0.6) is 0 Å². The van der Waals surface area contributed by atoms with Crippen LogP contribution in [0.1, 0.15) is 66.2 Å². The van der Waals surface area contributed by atoms with Crippen molar-refractivity contribution in [1.29, 1.82) is 0 Å². The maximum absolute atomic E-state index is 11.8. The summed E-state index contributed by atoms with van der Waals surface area (Å²) in [5, 5.41) is 19.7. The van der Waals surface area contributed by atoms with E-state index in [0.717, 1.165) is 0 Å². The van der Waals surface area contributed by atoms with E-state index in [4.69, 9.17) is 33.2 Å². The highest BCUT2D eigenvalue weighted by Crippen LogP contribution is 2.06. The third-order valence-electron chi connectivity index (χ3n) is 4.74. The molecule has 236 valence electrons. The summed E-state index contributed by atoms with van der Waals surface area (Å²) in [6, 6.07) is 0. The molecule has 0 aromatic rings. The van der Waals surface area contributed by atoms with E-state index in [-0.39, 0.29) is 65.0 Å². The molecule has 0 rings (SSSR count). The van der Waals surface area contributed by atoms with E-state index in [1.165, 1.54) is 13.8 Å². The quantitative estimate of drug-likeness (QED) is 0.126. The average molecular weight is 595 g/mol. The Kier molecular flexibility index (Phi) is 20.6. The van der Waals surface area contributed by atoms with Crippen molar-refractivity contribution in [2.24, 2.45) is 0 Å². The first-order valence-electron chi connectivity index (χ1n) is 13.3. The molecule has 0 aliphatic heterocycles. The second kappa shape index (κ2) is 22.4. The standard InChI is InChI=1S/C26H42O15/c1-5-36-25(33)11-17(3)40-23(31)9-7-21(29)38-15-19(27)13-35-14-20(28)16-39-22(30)8-10-24(32)41-18(4)12-26(34)37-6-2/h17-20,27-28H,5-16H2,1-4H3. The molecular formula is C26H42O15. The first-order valence-corrected chi connectivity index (χ1v) is 13.3. The number of aliphatic hydroxyl groups is 2. The van der Waals surface area contributed by atoms with Crippen LogP contribution in [0, 0.1) is 0 Å². The Morgan fingerprint density at radius 2 is 0.854 bits per heavy atom. The summed E-state index contributed by atoms with van der Waals surface area (Å²) in [4.78, 5) is 69.7. The lowest BCUT2D eigenvalue weighted by Gasteiger charge is -2.15. The smallest absolute Gasteiger partial charge is 0.309 e. The van der Waals surface area contributed by atoms with Crippen molar-refractivity contribution in [2.45, 2.75) is 90.6 Å². The summed E-state index contributed by atoms with van der Waals surface area (Å²) in [5.74, 6) is -3.93. The van der Waals surface area contributed by atoms with Crippen molar-refractivity contribution in [3.05, 3.63) is 0 Å². The van der Waals surface area contributed by atoms with E-state index in [1.54, 1.807) is 13.8 Å². The Morgan fingerprint density at radius 3 is 1.20 bits per heavy atom. The third kappa shape index (κ3) is 22.1. The molecule has 0 aromatic heterocycles. The van der Waals surface area contributed by atoms with Crippen molar-refractivity contribution in [2.75, 3.05) is 39.6 Å². The molecule has 0 saturated carbocycles. The predicted molar refractivity (Wildman–Crippen MR) is 137 cm³/mol. The van der Waals surface area contributed by atoms with Crippen LogP contribution in [0.4, 0.5) is 0 Å². The fraction of sp³-hybridized carbons (Fsp3) is 0.769. The number of hydrogen-bond donors (Lipinski definition) is 2. The molecule has 0 bridgehead atoms.